The van der Waals surface area contributed by atoms with Crippen LogP contribution in [0.4, 0.5) is 0 Å². The average Bonchev–Trinajstić information content (AvgIpc) is 1.73. The fraction of sp³-hybridized carbons (Fsp3) is 0. The van der Waals surface area contributed by atoms with Gasteiger partial charge in [0.1, 0.15) is 0 Å². The Labute approximate surface area is 96.5 Å². The van der Waals surface area contributed by atoms with Crippen molar-refractivity contribution < 1.29 is 36.1 Å². The van der Waals surface area contributed by atoms with Crippen LogP contribution in [-0.4, -0.2) is 32.6 Å². The Morgan fingerprint density at radius 3 is 1.00 bits per heavy atom. The Bertz CT molecular complexity index is 225. The van der Waals surface area contributed by atoms with Crippen molar-refractivity contribution in [2.75, 3.05) is 0 Å². The van der Waals surface area contributed by atoms with Crippen LogP contribution in [0.25, 0.3) is 0 Å². The molecule has 0 rings (SSSR count). The van der Waals surface area contributed by atoms with Gasteiger partial charge in [-0.3, -0.25) is 10.8 Å². The van der Waals surface area contributed by atoms with Crippen molar-refractivity contribution in [1.82, 2.24) is 0 Å². The highest BCUT2D eigenvalue weighted by molar-refractivity contribution is 7.45. The van der Waals surface area contributed by atoms with Gasteiger partial charge in [0.25, 0.3) is 0 Å². The summed E-state index contributed by atoms with van der Waals surface area (Å²) < 4.78 is 8.88. The highest BCUT2D eigenvalue weighted by Gasteiger charge is 2.00. The molecular weight excluding hydrogens is 257 g/mol. The van der Waals surface area contributed by atoms with Crippen molar-refractivity contribution in [3.05, 3.63) is 0 Å². The summed E-state index contributed by atoms with van der Waals surface area (Å²) in [6, 6.07) is 0. The molecule has 0 bridgehead atoms. The monoisotopic (exact) mass is 278 g/mol. The van der Waals surface area contributed by atoms with Gasteiger partial charge in [-0.1, -0.05) is 0 Å². The van der Waals surface area contributed by atoms with Crippen LogP contribution < -0.4 is 39.8 Å². The van der Waals surface area contributed by atoms with Crippen molar-refractivity contribution in [3.8, 4) is 0 Å². The molecule has 0 amide bonds. The molecule has 0 heterocycles. The molecular formula is C3H21N9O4P+3. The molecule has 0 fully saturated rings. The Kier molecular flexibility index (Phi) is 20.5. The molecule has 13 nitrogen and oxygen atoms in total. The van der Waals surface area contributed by atoms with Gasteiger partial charge in [-0.15, -0.1) is 0 Å². The molecule has 0 aromatic heterocycles. The predicted molar refractivity (Wildman–Crippen MR) is 59.2 cm³/mol. The van der Waals surface area contributed by atoms with E-state index in [0.29, 0.717) is 5.96 Å². The minimum absolute atomic E-state index is 0.333. The van der Waals surface area contributed by atoms with Crippen molar-refractivity contribution >= 4 is 25.7 Å². The summed E-state index contributed by atoms with van der Waals surface area (Å²) in [5.41, 5.74) is 24.3. The van der Waals surface area contributed by atoms with Gasteiger partial charge < -0.3 is 37.6 Å². The standard InChI is InChI=1S/3CH5N3.H3O4P/c3*2-1(3)4;1-5(2,3)4/h3*(H5,2,3,4);(H3,1,2,3,4)/p+3. The molecule has 0 saturated heterocycles. The van der Waals surface area contributed by atoms with Crippen molar-refractivity contribution in [2.45, 2.75) is 0 Å². The summed E-state index contributed by atoms with van der Waals surface area (Å²) in [4.78, 5) is 21.6. The molecule has 0 aliphatic heterocycles. The number of nitrogens with two attached hydrogens (primary N) is 5. The van der Waals surface area contributed by atoms with Gasteiger partial charge in [-0.2, -0.15) is 5.41 Å². The quantitative estimate of drug-likeness (QED) is 0.114. The molecule has 0 radical (unpaired) electrons. The van der Waals surface area contributed by atoms with Crippen LogP contribution in [-0.2, 0) is 4.57 Å². The van der Waals surface area contributed by atoms with Crippen LogP contribution in [0, 0.1) is 10.8 Å². The topological polar surface area (TPSA) is 310 Å². The van der Waals surface area contributed by atoms with Gasteiger partial charge in [0, 0.05) is 0 Å². The zero-order valence-electron chi connectivity index (χ0n) is 9.00. The lowest BCUT2D eigenvalue weighted by molar-refractivity contribution is -0.456. The molecule has 0 aromatic rings. The molecule has 0 unspecified atom stereocenters. The largest absolute Gasteiger partial charge is 0.519 e. The second-order valence-electron chi connectivity index (χ2n) is 2.08. The average molecular weight is 278 g/mol. The van der Waals surface area contributed by atoms with E-state index in [4.69, 9.17) is 35.5 Å². The summed E-state index contributed by atoms with van der Waals surface area (Å²) in [5.74, 6) is -0.250. The first-order valence-corrected chi connectivity index (χ1v) is 5.00. The van der Waals surface area contributed by atoms with E-state index >= 15 is 0 Å². The summed E-state index contributed by atoms with van der Waals surface area (Å²) in [6.45, 7) is 0. The Hall–Kier alpha value is -1.76. The third kappa shape index (κ3) is 689. The molecule has 14 heteroatoms. The first-order valence-electron chi connectivity index (χ1n) is 3.43. The van der Waals surface area contributed by atoms with Crippen LogP contribution in [0.2, 0.25) is 0 Å². The van der Waals surface area contributed by atoms with E-state index in [0.717, 1.165) is 0 Å². The van der Waals surface area contributed by atoms with E-state index in [-0.39, 0.29) is 11.9 Å². The summed E-state index contributed by atoms with van der Waals surface area (Å²) in [6.07, 6.45) is 0. The minimum atomic E-state index is -4.64. The van der Waals surface area contributed by atoms with E-state index < -0.39 is 7.82 Å². The third-order valence-corrected chi connectivity index (χ3v) is 0. The Morgan fingerprint density at radius 1 is 1.00 bits per heavy atom. The maximum absolute atomic E-state index is 8.88. The SMILES string of the molecule is N=C(N)N.N=C(N)N.O=P(O)(O)O.[NH2+]=C([NH3+])[NH3+]. The Balaban J connectivity index is -0.0000000667. The minimum Gasteiger partial charge on any atom is -0.370 e. The van der Waals surface area contributed by atoms with E-state index in [1.165, 1.54) is 0 Å². The summed E-state index contributed by atoms with van der Waals surface area (Å²) in [5, 5.41) is 16.9. The third-order valence-electron chi connectivity index (χ3n) is 0. The van der Waals surface area contributed by atoms with E-state index in [1.807, 2.05) is 0 Å². The van der Waals surface area contributed by atoms with Gasteiger partial charge in [0.2, 0.25) is 0 Å². The zero-order valence-corrected chi connectivity index (χ0v) is 9.89. The van der Waals surface area contributed by atoms with Gasteiger partial charge in [-0.25, -0.2) is 16.0 Å². The zero-order chi connectivity index (χ0) is 15.2. The number of rotatable bonds is 0. The molecule has 21 N–H and O–H groups in total. The highest BCUT2D eigenvalue weighted by Crippen LogP contribution is 2.25. The van der Waals surface area contributed by atoms with E-state index in [9.17, 15) is 0 Å². The van der Waals surface area contributed by atoms with E-state index in [2.05, 4.69) is 34.4 Å². The molecule has 0 saturated carbocycles. The number of phosphoric acid groups is 1. The number of hydrogen-bond donors (Lipinski definition) is 12. The van der Waals surface area contributed by atoms with Crippen molar-refractivity contribution in [1.29, 1.82) is 10.8 Å². The van der Waals surface area contributed by atoms with Gasteiger partial charge in [0.05, 0.1) is 0 Å². The van der Waals surface area contributed by atoms with Crippen molar-refractivity contribution in [3.63, 3.8) is 0 Å². The molecule has 0 aliphatic carbocycles. The molecule has 17 heavy (non-hydrogen) atoms. The molecule has 0 atom stereocenters. The molecule has 0 aliphatic rings. The van der Waals surface area contributed by atoms with Crippen LogP contribution >= 0.6 is 7.82 Å². The number of guanidine groups is 3. The maximum atomic E-state index is 8.88. The number of quaternary nitrogens is 2. The number of hydrogen-bond acceptors (Lipinski definition) is 3. The van der Waals surface area contributed by atoms with Crippen molar-refractivity contribution in [2.24, 2.45) is 22.9 Å². The lowest BCUT2D eigenvalue weighted by Crippen LogP contribution is -2.90. The van der Waals surface area contributed by atoms with Gasteiger partial charge >= 0.3 is 13.8 Å². The first-order chi connectivity index (χ1) is 7.20. The molecule has 0 spiro atoms. The smallest absolute Gasteiger partial charge is 0.370 e. The van der Waals surface area contributed by atoms with Crippen LogP contribution in [0.1, 0.15) is 0 Å². The fourth-order valence-electron chi connectivity index (χ4n) is 0. The van der Waals surface area contributed by atoms with E-state index in [1.54, 1.807) is 0 Å². The molecule has 104 valence electrons. The van der Waals surface area contributed by atoms with Crippen LogP contribution in [0.15, 0.2) is 0 Å². The van der Waals surface area contributed by atoms with Crippen LogP contribution in [0.5, 0.6) is 0 Å². The van der Waals surface area contributed by atoms with Gasteiger partial charge in [-0.05, 0) is 0 Å². The second kappa shape index (κ2) is 14.2. The second-order valence-corrected chi connectivity index (χ2v) is 3.11. The first kappa shape index (κ1) is 24.5. The lowest BCUT2D eigenvalue weighted by atomic mass is 11.1. The maximum Gasteiger partial charge on any atom is 0.519 e. The highest BCUT2D eigenvalue weighted by atomic mass is 31.2. The lowest BCUT2D eigenvalue weighted by Gasteiger charge is -1.82. The fourth-order valence-corrected chi connectivity index (χ4v) is 0. The molecule has 0 aromatic carbocycles. The normalized spacial score (nSPS) is 7.82. The summed E-state index contributed by atoms with van der Waals surface area (Å²) >= 11 is 0. The predicted octanol–water partition coefficient (Wildman–Crippen LogP) is -7.67. The van der Waals surface area contributed by atoms with Crippen LogP contribution in [0.3, 0.4) is 0 Å². The van der Waals surface area contributed by atoms with Gasteiger partial charge in [0.15, 0.2) is 11.9 Å². The summed E-state index contributed by atoms with van der Waals surface area (Å²) in [7, 11) is -4.64. The number of nitrogens with one attached hydrogen (secondary N) is 2. The Morgan fingerprint density at radius 2 is 1.00 bits per heavy atom.